The number of aromatic carboxylic acids is 1. The van der Waals surface area contributed by atoms with Crippen molar-refractivity contribution in [3.8, 4) is 17.0 Å². The Hall–Kier alpha value is -3.59. The Balaban J connectivity index is 1.13. The van der Waals surface area contributed by atoms with Crippen LogP contribution in [0.15, 0.2) is 59.1 Å². The van der Waals surface area contributed by atoms with Crippen molar-refractivity contribution in [2.24, 2.45) is 0 Å². The molecule has 0 spiro atoms. The average molecular weight is 593 g/mol. The summed E-state index contributed by atoms with van der Waals surface area (Å²) in [6.07, 6.45) is 3.02. The Kier molecular flexibility index (Phi) is 6.41. The Morgan fingerprint density at radius 1 is 1.10 bits per heavy atom. The number of carboxylic acids is 1. The lowest BCUT2D eigenvalue weighted by Crippen LogP contribution is -2.30. The van der Waals surface area contributed by atoms with Crippen molar-refractivity contribution < 1.29 is 19.2 Å². The molecule has 0 atom stereocenters. The van der Waals surface area contributed by atoms with Crippen molar-refractivity contribution in [1.82, 2.24) is 10.1 Å². The molecule has 7 rings (SSSR count). The molecule has 1 aliphatic heterocycles. The summed E-state index contributed by atoms with van der Waals surface area (Å²) in [4.78, 5) is 18.4. The van der Waals surface area contributed by atoms with Crippen LogP contribution in [-0.4, -0.2) is 27.8 Å². The SMILES string of the molecule is O=C(O)c1ccc2nc(N3CCc4ccc(OCc5c(-c6c(Cl)cccc6Cl)noc5C5CC5)cc4C3)sc2c1. The molecule has 1 aliphatic carbocycles. The topological polar surface area (TPSA) is 88.7 Å². The van der Waals surface area contributed by atoms with Gasteiger partial charge < -0.3 is 19.3 Å². The highest BCUT2D eigenvalue weighted by Crippen LogP contribution is 2.46. The molecule has 1 fully saturated rings. The molecule has 5 aromatic rings. The number of aromatic nitrogens is 2. The quantitative estimate of drug-likeness (QED) is 0.205. The van der Waals surface area contributed by atoms with Crippen molar-refractivity contribution in [1.29, 1.82) is 0 Å². The zero-order valence-corrected chi connectivity index (χ0v) is 23.5. The van der Waals surface area contributed by atoms with Crippen molar-refractivity contribution in [2.75, 3.05) is 11.4 Å². The molecular weight excluding hydrogens is 569 g/mol. The fourth-order valence-electron chi connectivity index (χ4n) is 5.17. The van der Waals surface area contributed by atoms with E-state index in [2.05, 4.69) is 22.2 Å². The molecule has 1 N–H and O–H groups in total. The zero-order chi connectivity index (χ0) is 27.4. The predicted molar refractivity (Wildman–Crippen MR) is 156 cm³/mol. The number of nitrogens with zero attached hydrogens (tertiary/aromatic N) is 3. The normalized spacial score (nSPS) is 14.9. The van der Waals surface area contributed by atoms with Gasteiger partial charge in [-0.3, -0.25) is 0 Å². The highest BCUT2D eigenvalue weighted by atomic mass is 35.5. The molecule has 2 aliphatic rings. The van der Waals surface area contributed by atoms with Crippen LogP contribution in [-0.2, 0) is 19.6 Å². The Labute approximate surface area is 243 Å². The smallest absolute Gasteiger partial charge is 0.335 e. The minimum atomic E-state index is -0.936. The van der Waals surface area contributed by atoms with Gasteiger partial charge in [0.2, 0.25) is 0 Å². The predicted octanol–water partition coefficient (Wildman–Crippen LogP) is 7.98. The van der Waals surface area contributed by atoms with Gasteiger partial charge in [0.1, 0.15) is 23.8 Å². The van der Waals surface area contributed by atoms with Crippen LogP contribution in [0.2, 0.25) is 10.0 Å². The van der Waals surface area contributed by atoms with E-state index in [0.29, 0.717) is 40.4 Å². The number of anilines is 1. The maximum Gasteiger partial charge on any atom is 0.335 e. The minimum Gasteiger partial charge on any atom is -0.489 e. The number of fused-ring (bicyclic) bond motifs is 2. The van der Waals surface area contributed by atoms with Gasteiger partial charge in [-0.25, -0.2) is 9.78 Å². The summed E-state index contributed by atoms with van der Waals surface area (Å²) in [6, 6.07) is 16.7. The molecule has 7 nitrogen and oxygen atoms in total. The maximum absolute atomic E-state index is 11.4. The summed E-state index contributed by atoms with van der Waals surface area (Å²) in [5.74, 6) is 1.01. The summed E-state index contributed by atoms with van der Waals surface area (Å²) in [5.41, 5.74) is 5.71. The molecule has 40 heavy (non-hydrogen) atoms. The third kappa shape index (κ3) is 4.70. The minimum absolute atomic E-state index is 0.270. The molecule has 0 bridgehead atoms. The highest BCUT2D eigenvalue weighted by molar-refractivity contribution is 7.22. The van der Waals surface area contributed by atoms with Crippen molar-refractivity contribution >= 4 is 55.9 Å². The fraction of sp³-hybridized carbons (Fsp3) is 0.233. The summed E-state index contributed by atoms with van der Waals surface area (Å²) in [6.45, 7) is 1.82. The molecular formula is C30H23Cl2N3O4S. The number of halogens is 2. The molecule has 1 saturated carbocycles. The van der Waals surface area contributed by atoms with Crippen LogP contribution in [0.1, 0.15) is 51.6 Å². The number of thiazole rings is 1. The van der Waals surface area contributed by atoms with E-state index in [1.807, 2.05) is 12.1 Å². The Morgan fingerprint density at radius 2 is 1.93 bits per heavy atom. The fourth-order valence-corrected chi connectivity index (χ4v) is 6.78. The third-order valence-corrected chi connectivity index (χ3v) is 9.14. The Bertz CT molecular complexity index is 1760. The molecule has 2 aromatic heterocycles. The van der Waals surface area contributed by atoms with E-state index in [-0.39, 0.29) is 5.56 Å². The van der Waals surface area contributed by atoms with Gasteiger partial charge in [-0.05, 0) is 72.9 Å². The van der Waals surface area contributed by atoms with Gasteiger partial charge in [0, 0.05) is 24.6 Å². The first-order chi connectivity index (χ1) is 19.4. The molecule has 202 valence electrons. The van der Waals surface area contributed by atoms with Gasteiger partial charge in [0.05, 0.1) is 31.4 Å². The van der Waals surface area contributed by atoms with Gasteiger partial charge in [0.25, 0.3) is 0 Å². The highest BCUT2D eigenvalue weighted by Gasteiger charge is 2.34. The molecule has 0 radical (unpaired) electrons. The van der Waals surface area contributed by atoms with Crippen molar-refractivity contribution in [2.45, 2.75) is 38.3 Å². The molecule has 3 aromatic carbocycles. The van der Waals surface area contributed by atoms with Crippen LogP contribution in [0, 0.1) is 0 Å². The monoisotopic (exact) mass is 591 g/mol. The van der Waals surface area contributed by atoms with Crippen molar-refractivity contribution in [3.63, 3.8) is 0 Å². The number of carboxylic acid groups (broad SMARTS) is 1. The van der Waals surface area contributed by atoms with Gasteiger partial charge >= 0.3 is 5.97 Å². The largest absolute Gasteiger partial charge is 0.489 e. The van der Waals surface area contributed by atoms with E-state index < -0.39 is 5.97 Å². The van der Waals surface area contributed by atoms with Crippen LogP contribution < -0.4 is 9.64 Å². The number of ether oxygens (including phenoxy) is 1. The van der Waals surface area contributed by atoms with Crippen molar-refractivity contribution in [3.05, 3.63) is 92.7 Å². The number of hydrogen-bond donors (Lipinski definition) is 1. The second kappa shape index (κ2) is 10.1. The first-order valence-electron chi connectivity index (χ1n) is 13.0. The van der Waals surface area contributed by atoms with Crippen LogP contribution in [0.3, 0.4) is 0 Å². The number of rotatable bonds is 7. The summed E-state index contributed by atoms with van der Waals surface area (Å²) in [5, 5.41) is 15.6. The number of carbonyl (C=O) groups is 1. The van der Waals surface area contributed by atoms with Crippen LogP contribution >= 0.6 is 34.5 Å². The zero-order valence-electron chi connectivity index (χ0n) is 21.2. The number of hydrogen-bond acceptors (Lipinski definition) is 7. The van der Waals surface area contributed by atoms with Gasteiger partial charge in [0.15, 0.2) is 5.13 Å². The molecule has 0 saturated heterocycles. The standard InChI is InChI=1S/C30H23Cl2N3O4S/c31-22-2-1-3-23(32)26(22)27-21(28(39-34-27)17-4-5-17)15-38-20-8-6-16-10-11-35(14-19(16)12-20)30-33-24-9-7-18(29(36)37)13-25(24)40-30/h1-3,6-9,12-13,17H,4-5,10-11,14-15H2,(H,36,37). The summed E-state index contributed by atoms with van der Waals surface area (Å²) < 4.78 is 13.0. The second-order valence-corrected chi connectivity index (χ2v) is 11.9. The lowest BCUT2D eigenvalue weighted by molar-refractivity contribution is 0.0697. The average Bonchev–Trinajstić information content (AvgIpc) is 3.57. The van der Waals surface area contributed by atoms with E-state index >= 15 is 0 Å². The molecule has 0 unspecified atom stereocenters. The lowest BCUT2D eigenvalue weighted by atomic mass is 10.00. The first-order valence-corrected chi connectivity index (χ1v) is 14.6. The van der Waals surface area contributed by atoms with Gasteiger partial charge in [-0.2, -0.15) is 0 Å². The third-order valence-electron chi connectivity index (χ3n) is 7.43. The van der Waals surface area contributed by atoms with E-state index in [0.717, 1.165) is 58.2 Å². The van der Waals surface area contributed by atoms with Gasteiger partial charge in [-0.1, -0.05) is 51.8 Å². The number of benzene rings is 3. The summed E-state index contributed by atoms with van der Waals surface area (Å²) in [7, 11) is 0. The van der Waals surface area contributed by atoms with Crippen LogP contribution in [0.25, 0.3) is 21.5 Å². The van der Waals surface area contributed by atoms with E-state index in [4.69, 9.17) is 37.4 Å². The lowest BCUT2D eigenvalue weighted by Gasteiger charge is -2.28. The second-order valence-electron chi connectivity index (χ2n) is 10.1. The molecule has 10 heteroatoms. The molecule has 0 amide bonds. The van der Waals surface area contributed by atoms with E-state index in [1.54, 1.807) is 30.3 Å². The molecule has 3 heterocycles. The van der Waals surface area contributed by atoms with Gasteiger partial charge in [-0.15, -0.1) is 0 Å². The van der Waals surface area contributed by atoms with E-state index in [1.165, 1.54) is 22.5 Å². The summed E-state index contributed by atoms with van der Waals surface area (Å²) >= 11 is 14.5. The first kappa shape index (κ1) is 25.4. The van der Waals surface area contributed by atoms with Crippen LogP contribution in [0.4, 0.5) is 5.13 Å². The van der Waals surface area contributed by atoms with E-state index in [9.17, 15) is 9.90 Å². The maximum atomic E-state index is 11.4. The Morgan fingerprint density at radius 3 is 2.70 bits per heavy atom. The van der Waals surface area contributed by atoms with Crippen LogP contribution in [0.5, 0.6) is 5.75 Å².